The number of amides is 1. The van der Waals surface area contributed by atoms with Crippen molar-refractivity contribution < 1.29 is 9.53 Å². The molecule has 0 bridgehead atoms. The largest absolute Gasteiger partial charge is 0.444 e. The molecule has 1 N–H and O–H groups in total. The second-order valence-corrected chi connectivity index (χ2v) is 7.52. The van der Waals surface area contributed by atoms with Crippen LogP contribution in [0.25, 0.3) is 0 Å². The second kappa shape index (κ2) is 6.79. The molecular formula is C20H25N3O2. The average Bonchev–Trinajstić information content (AvgIpc) is 3.22. The van der Waals surface area contributed by atoms with Gasteiger partial charge < -0.3 is 10.1 Å². The standard InChI is InChI=1S/C20H25N3O2/c1-5-14-8-10-15(11-9-14)16-13-21-18(22-16)17-7-6-12-23(17)19(24)25-20(2,3)4/h1,8-11,16-17H,6-7,12-13H2,2-4H3,(H,21,22). The van der Waals surface area contributed by atoms with Crippen LogP contribution in [0.5, 0.6) is 0 Å². The average molecular weight is 339 g/mol. The summed E-state index contributed by atoms with van der Waals surface area (Å²) >= 11 is 0. The van der Waals surface area contributed by atoms with Crippen LogP contribution >= 0.6 is 0 Å². The van der Waals surface area contributed by atoms with Gasteiger partial charge in [0, 0.05) is 12.1 Å². The van der Waals surface area contributed by atoms with Crippen LogP contribution in [0, 0.1) is 12.3 Å². The summed E-state index contributed by atoms with van der Waals surface area (Å²) in [7, 11) is 0. The van der Waals surface area contributed by atoms with Crippen LogP contribution < -0.4 is 5.32 Å². The van der Waals surface area contributed by atoms with Gasteiger partial charge >= 0.3 is 6.09 Å². The Morgan fingerprint density at radius 2 is 2.08 bits per heavy atom. The van der Waals surface area contributed by atoms with E-state index in [2.05, 4.69) is 16.2 Å². The highest BCUT2D eigenvalue weighted by Crippen LogP contribution is 2.26. The number of rotatable bonds is 2. The summed E-state index contributed by atoms with van der Waals surface area (Å²) in [5.41, 5.74) is 1.53. The Morgan fingerprint density at radius 3 is 2.72 bits per heavy atom. The maximum atomic E-state index is 12.5. The minimum atomic E-state index is -0.490. The molecule has 0 radical (unpaired) electrons. The number of aliphatic imine (C=N–C) groups is 1. The summed E-state index contributed by atoms with van der Waals surface area (Å²) in [6, 6.07) is 8.06. The van der Waals surface area contributed by atoms with Crippen LogP contribution in [0.15, 0.2) is 29.3 Å². The highest BCUT2D eigenvalue weighted by molar-refractivity contribution is 5.92. The van der Waals surface area contributed by atoms with Gasteiger partial charge in [-0.15, -0.1) is 6.42 Å². The summed E-state index contributed by atoms with van der Waals surface area (Å²) in [6.07, 6.45) is 7.02. The fourth-order valence-corrected chi connectivity index (χ4v) is 3.25. The summed E-state index contributed by atoms with van der Waals surface area (Å²) in [5.74, 6) is 3.51. The quantitative estimate of drug-likeness (QED) is 0.843. The Morgan fingerprint density at radius 1 is 1.36 bits per heavy atom. The summed E-state index contributed by atoms with van der Waals surface area (Å²) in [6.45, 7) is 7.04. The Labute approximate surface area is 149 Å². The zero-order valence-corrected chi connectivity index (χ0v) is 15.1. The zero-order valence-electron chi connectivity index (χ0n) is 15.1. The molecule has 0 aliphatic carbocycles. The first-order valence-electron chi connectivity index (χ1n) is 8.74. The number of ether oxygens (including phenoxy) is 1. The predicted octanol–water partition coefficient (Wildman–Crippen LogP) is 3.11. The highest BCUT2D eigenvalue weighted by atomic mass is 16.6. The highest BCUT2D eigenvalue weighted by Gasteiger charge is 2.37. The molecule has 3 rings (SSSR count). The molecule has 2 atom stereocenters. The van der Waals surface area contributed by atoms with Crippen LogP contribution in [0.2, 0.25) is 0 Å². The number of carbonyl (C=O) groups is 1. The van der Waals surface area contributed by atoms with Crippen molar-refractivity contribution in [2.24, 2.45) is 4.99 Å². The van der Waals surface area contributed by atoms with Gasteiger partial charge in [0.2, 0.25) is 0 Å². The van der Waals surface area contributed by atoms with E-state index in [1.165, 1.54) is 0 Å². The number of benzene rings is 1. The van der Waals surface area contributed by atoms with Crippen LogP contribution in [0.4, 0.5) is 4.79 Å². The predicted molar refractivity (Wildman–Crippen MR) is 98.5 cm³/mol. The molecule has 2 aliphatic rings. The number of carbonyl (C=O) groups excluding carboxylic acids is 1. The number of nitrogens with one attached hydrogen (secondary N) is 1. The number of hydrogen-bond donors (Lipinski definition) is 1. The molecule has 1 aromatic carbocycles. The first kappa shape index (κ1) is 17.3. The van der Waals surface area contributed by atoms with Gasteiger partial charge in [0.15, 0.2) is 0 Å². The smallest absolute Gasteiger partial charge is 0.410 e. The molecule has 2 heterocycles. The van der Waals surface area contributed by atoms with E-state index >= 15 is 0 Å². The van der Waals surface area contributed by atoms with Crippen molar-refractivity contribution in [1.29, 1.82) is 0 Å². The van der Waals surface area contributed by atoms with E-state index in [-0.39, 0.29) is 18.2 Å². The molecule has 1 saturated heterocycles. The molecule has 0 aromatic heterocycles. The Balaban J connectivity index is 1.66. The van der Waals surface area contributed by atoms with Crippen LogP contribution in [0.3, 0.4) is 0 Å². The van der Waals surface area contributed by atoms with Crippen molar-refractivity contribution in [1.82, 2.24) is 10.2 Å². The molecule has 132 valence electrons. The zero-order chi connectivity index (χ0) is 18.0. The van der Waals surface area contributed by atoms with Gasteiger partial charge in [-0.1, -0.05) is 18.1 Å². The normalized spacial score (nSPS) is 23.0. The Kier molecular flexibility index (Phi) is 4.71. The number of hydrogen-bond acceptors (Lipinski definition) is 4. The summed E-state index contributed by atoms with van der Waals surface area (Å²) in [4.78, 5) is 18.9. The van der Waals surface area contributed by atoms with Gasteiger partial charge in [-0.2, -0.15) is 0 Å². The van der Waals surface area contributed by atoms with Gasteiger partial charge in [-0.05, 0) is 51.3 Å². The van der Waals surface area contributed by atoms with Gasteiger partial charge in [-0.25, -0.2) is 4.79 Å². The lowest BCUT2D eigenvalue weighted by atomic mass is 10.1. The van der Waals surface area contributed by atoms with Gasteiger partial charge in [0.05, 0.1) is 18.6 Å². The van der Waals surface area contributed by atoms with Crippen molar-refractivity contribution in [3.63, 3.8) is 0 Å². The molecule has 0 saturated carbocycles. The second-order valence-electron chi connectivity index (χ2n) is 7.52. The molecular weight excluding hydrogens is 314 g/mol. The van der Waals surface area contributed by atoms with Crippen molar-refractivity contribution >= 4 is 11.9 Å². The van der Waals surface area contributed by atoms with Crippen molar-refractivity contribution in [2.75, 3.05) is 13.1 Å². The summed E-state index contributed by atoms with van der Waals surface area (Å²) in [5, 5.41) is 3.48. The van der Waals surface area contributed by atoms with Crippen molar-refractivity contribution in [2.45, 2.75) is 51.3 Å². The Bertz CT molecular complexity index is 710. The van der Waals surface area contributed by atoms with Crippen molar-refractivity contribution in [3.05, 3.63) is 35.4 Å². The van der Waals surface area contributed by atoms with Crippen LogP contribution in [-0.2, 0) is 4.74 Å². The monoisotopic (exact) mass is 339 g/mol. The van der Waals surface area contributed by atoms with E-state index in [1.807, 2.05) is 45.0 Å². The number of likely N-dealkylation sites (tertiary alicyclic amines) is 1. The lowest BCUT2D eigenvalue weighted by Gasteiger charge is -2.29. The topological polar surface area (TPSA) is 53.9 Å². The molecule has 1 amide bonds. The van der Waals surface area contributed by atoms with E-state index in [0.717, 1.165) is 29.8 Å². The molecule has 2 unspecified atom stereocenters. The van der Waals surface area contributed by atoms with E-state index < -0.39 is 5.60 Å². The maximum Gasteiger partial charge on any atom is 0.410 e. The summed E-state index contributed by atoms with van der Waals surface area (Å²) < 4.78 is 5.53. The third kappa shape index (κ3) is 3.96. The molecule has 2 aliphatic heterocycles. The fourth-order valence-electron chi connectivity index (χ4n) is 3.25. The van der Waals surface area contributed by atoms with Gasteiger partial charge in [0.25, 0.3) is 0 Å². The SMILES string of the molecule is C#Cc1ccc(C2CN=C(C3CCCN3C(=O)OC(C)(C)C)N2)cc1. The fraction of sp³-hybridized carbons (Fsp3) is 0.500. The molecule has 5 nitrogen and oxygen atoms in total. The molecule has 25 heavy (non-hydrogen) atoms. The van der Waals surface area contributed by atoms with E-state index in [9.17, 15) is 4.79 Å². The number of nitrogens with zero attached hydrogens (tertiary/aromatic N) is 2. The van der Waals surface area contributed by atoms with Gasteiger partial charge in [-0.3, -0.25) is 9.89 Å². The lowest BCUT2D eigenvalue weighted by molar-refractivity contribution is 0.0264. The molecule has 5 heteroatoms. The third-order valence-corrected chi connectivity index (χ3v) is 4.44. The number of terminal acetylenes is 1. The van der Waals surface area contributed by atoms with E-state index in [0.29, 0.717) is 13.1 Å². The van der Waals surface area contributed by atoms with Crippen LogP contribution in [-0.4, -0.2) is 41.6 Å². The minimum absolute atomic E-state index is 0.0233. The molecule has 1 fully saturated rings. The number of amidine groups is 1. The van der Waals surface area contributed by atoms with Gasteiger partial charge in [0.1, 0.15) is 11.4 Å². The van der Waals surface area contributed by atoms with Crippen LogP contribution in [0.1, 0.15) is 50.8 Å². The third-order valence-electron chi connectivity index (χ3n) is 4.44. The van der Waals surface area contributed by atoms with Crippen molar-refractivity contribution in [3.8, 4) is 12.3 Å². The molecule has 0 spiro atoms. The first-order chi connectivity index (χ1) is 11.9. The van der Waals surface area contributed by atoms with E-state index in [1.54, 1.807) is 4.90 Å². The maximum absolute atomic E-state index is 12.5. The van der Waals surface area contributed by atoms with E-state index in [4.69, 9.17) is 11.2 Å². The minimum Gasteiger partial charge on any atom is -0.444 e. The Hall–Kier alpha value is -2.48. The first-order valence-corrected chi connectivity index (χ1v) is 8.74. The molecule has 1 aromatic rings. The lowest BCUT2D eigenvalue weighted by Crippen LogP contribution is -2.46.